The molecule has 0 saturated carbocycles. The van der Waals surface area contributed by atoms with Crippen molar-refractivity contribution in [1.82, 2.24) is 9.80 Å². The van der Waals surface area contributed by atoms with E-state index >= 15 is 0 Å². The number of amides is 1. The third kappa shape index (κ3) is 5.03. The SMILES string of the molecule is CC(C(=O)N(C)C)N(CCO)CC(F)F. The first-order valence-corrected chi connectivity index (χ1v) is 4.74. The largest absolute Gasteiger partial charge is 0.395 e. The van der Waals surface area contributed by atoms with E-state index in [0.717, 1.165) is 0 Å². The lowest BCUT2D eigenvalue weighted by molar-refractivity contribution is -0.134. The molecule has 4 nitrogen and oxygen atoms in total. The van der Waals surface area contributed by atoms with Crippen LogP contribution in [-0.2, 0) is 4.79 Å². The Labute approximate surface area is 88.5 Å². The molecule has 0 spiro atoms. The molecule has 0 heterocycles. The average Bonchev–Trinajstić information content (AvgIpc) is 2.14. The minimum Gasteiger partial charge on any atom is -0.395 e. The van der Waals surface area contributed by atoms with Crippen molar-refractivity contribution in [2.75, 3.05) is 33.8 Å². The summed E-state index contributed by atoms with van der Waals surface area (Å²) in [6, 6.07) is -0.638. The molecule has 0 aromatic heterocycles. The van der Waals surface area contributed by atoms with E-state index in [2.05, 4.69) is 0 Å². The lowest BCUT2D eigenvalue weighted by atomic mass is 10.2. The van der Waals surface area contributed by atoms with Crippen molar-refractivity contribution in [3.8, 4) is 0 Å². The van der Waals surface area contributed by atoms with Gasteiger partial charge >= 0.3 is 0 Å². The molecule has 0 aromatic carbocycles. The summed E-state index contributed by atoms with van der Waals surface area (Å²) in [5, 5.41) is 8.71. The number of alkyl halides is 2. The van der Waals surface area contributed by atoms with Crippen molar-refractivity contribution >= 4 is 5.91 Å². The Kier molecular flexibility index (Phi) is 6.35. The first-order valence-electron chi connectivity index (χ1n) is 4.74. The molecule has 1 amide bonds. The van der Waals surface area contributed by atoms with Crippen LogP contribution in [0.4, 0.5) is 8.78 Å². The fourth-order valence-corrected chi connectivity index (χ4v) is 1.28. The van der Waals surface area contributed by atoms with Crippen LogP contribution < -0.4 is 0 Å². The molecule has 0 rings (SSSR count). The van der Waals surface area contributed by atoms with Gasteiger partial charge in [-0.05, 0) is 6.92 Å². The first-order chi connectivity index (χ1) is 6.90. The number of likely N-dealkylation sites (N-methyl/N-ethyl adjacent to an activating group) is 1. The number of nitrogens with zero attached hydrogens (tertiary/aromatic N) is 2. The fraction of sp³-hybridized carbons (Fsp3) is 0.889. The van der Waals surface area contributed by atoms with E-state index in [0.29, 0.717) is 0 Å². The van der Waals surface area contributed by atoms with E-state index in [-0.39, 0.29) is 19.1 Å². The number of hydrogen-bond acceptors (Lipinski definition) is 3. The van der Waals surface area contributed by atoms with E-state index in [9.17, 15) is 13.6 Å². The van der Waals surface area contributed by atoms with Gasteiger partial charge in [-0.3, -0.25) is 9.69 Å². The third-order valence-electron chi connectivity index (χ3n) is 2.11. The Hall–Kier alpha value is -0.750. The molecular formula is C9H18F2N2O2. The van der Waals surface area contributed by atoms with Crippen molar-refractivity contribution < 1.29 is 18.7 Å². The number of aliphatic hydroxyl groups is 1. The van der Waals surface area contributed by atoms with E-state index < -0.39 is 19.0 Å². The van der Waals surface area contributed by atoms with Crippen LogP contribution in [0, 0.1) is 0 Å². The average molecular weight is 224 g/mol. The molecular weight excluding hydrogens is 206 g/mol. The standard InChI is InChI=1S/C9H18F2N2O2/c1-7(9(15)12(2)3)13(4-5-14)6-8(10)11/h7-8,14H,4-6H2,1-3H3. The van der Waals surface area contributed by atoms with E-state index in [1.54, 1.807) is 21.0 Å². The minimum atomic E-state index is -2.51. The second-order valence-corrected chi connectivity index (χ2v) is 3.52. The Morgan fingerprint density at radius 2 is 1.93 bits per heavy atom. The smallest absolute Gasteiger partial charge is 0.251 e. The van der Waals surface area contributed by atoms with Crippen LogP contribution in [0.25, 0.3) is 0 Å². The summed E-state index contributed by atoms with van der Waals surface area (Å²) < 4.78 is 24.4. The Bertz CT molecular complexity index is 201. The highest BCUT2D eigenvalue weighted by atomic mass is 19.3. The molecule has 0 bridgehead atoms. The van der Waals surface area contributed by atoms with Gasteiger partial charge in [0.25, 0.3) is 6.43 Å². The van der Waals surface area contributed by atoms with E-state index in [1.807, 2.05) is 0 Å². The van der Waals surface area contributed by atoms with Gasteiger partial charge in [-0.2, -0.15) is 0 Å². The van der Waals surface area contributed by atoms with Crippen LogP contribution >= 0.6 is 0 Å². The molecule has 1 N–H and O–H groups in total. The van der Waals surface area contributed by atoms with Crippen LogP contribution in [0.1, 0.15) is 6.92 Å². The molecule has 0 aliphatic heterocycles. The van der Waals surface area contributed by atoms with Crippen LogP contribution in [0.5, 0.6) is 0 Å². The Balaban J connectivity index is 4.39. The highest BCUT2D eigenvalue weighted by Gasteiger charge is 2.24. The summed E-state index contributed by atoms with van der Waals surface area (Å²) >= 11 is 0. The van der Waals surface area contributed by atoms with Gasteiger partial charge in [0.05, 0.1) is 19.2 Å². The van der Waals surface area contributed by atoms with Crippen LogP contribution in [0.3, 0.4) is 0 Å². The monoisotopic (exact) mass is 224 g/mol. The summed E-state index contributed by atoms with van der Waals surface area (Å²) in [5.41, 5.74) is 0. The van der Waals surface area contributed by atoms with Crippen LogP contribution in [0.2, 0.25) is 0 Å². The van der Waals surface area contributed by atoms with Gasteiger partial charge in [-0.25, -0.2) is 8.78 Å². The number of rotatable bonds is 6. The van der Waals surface area contributed by atoms with Gasteiger partial charge in [0.2, 0.25) is 5.91 Å². The first kappa shape index (κ1) is 14.2. The maximum atomic E-state index is 12.2. The van der Waals surface area contributed by atoms with Gasteiger partial charge in [0.1, 0.15) is 0 Å². The van der Waals surface area contributed by atoms with Gasteiger partial charge < -0.3 is 10.0 Å². The van der Waals surface area contributed by atoms with E-state index in [4.69, 9.17) is 5.11 Å². The number of carbonyl (C=O) groups excluding carboxylic acids is 1. The molecule has 0 saturated heterocycles. The predicted molar refractivity (Wildman–Crippen MR) is 52.8 cm³/mol. The molecule has 15 heavy (non-hydrogen) atoms. The molecule has 1 atom stereocenters. The van der Waals surface area contributed by atoms with Crippen molar-refractivity contribution in [2.45, 2.75) is 19.4 Å². The zero-order chi connectivity index (χ0) is 12.0. The maximum Gasteiger partial charge on any atom is 0.251 e. The van der Waals surface area contributed by atoms with Gasteiger partial charge in [-0.1, -0.05) is 0 Å². The summed E-state index contributed by atoms with van der Waals surface area (Å²) in [7, 11) is 3.14. The predicted octanol–water partition coefficient (Wildman–Crippen LogP) is 0.0225. The summed E-state index contributed by atoms with van der Waals surface area (Å²) in [6.45, 7) is 0.893. The second kappa shape index (κ2) is 6.68. The summed E-state index contributed by atoms with van der Waals surface area (Å²) in [6.07, 6.45) is -2.51. The number of aliphatic hydroxyl groups excluding tert-OH is 1. The molecule has 90 valence electrons. The molecule has 0 aliphatic carbocycles. The zero-order valence-corrected chi connectivity index (χ0v) is 9.28. The number of halogens is 2. The Morgan fingerprint density at radius 3 is 2.27 bits per heavy atom. The molecule has 6 heteroatoms. The molecule has 0 radical (unpaired) electrons. The quantitative estimate of drug-likeness (QED) is 0.692. The van der Waals surface area contributed by atoms with Crippen LogP contribution in [-0.4, -0.2) is 67.1 Å². The molecule has 1 unspecified atom stereocenters. The lowest BCUT2D eigenvalue weighted by Gasteiger charge is -2.28. The highest BCUT2D eigenvalue weighted by molar-refractivity contribution is 5.80. The molecule has 0 aliphatic rings. The van der Waals surface area contributed by atoms with Gasteiger partial charge in [-0.15, -0.1) is 0 Å². The summed E-state index contributed by atoms with van der Waals surface area (Å²) in [4.78, 5) is 14.1. The zero-order valence-electron chi connectivity index (χ0n) is 9.28. The maximum absolute atomic E-state index is 12.2. The fourth-order valence-electron chi connectivity index (χ4n) is 1.28. The normalized spacial score (nSPS) is 13.3. The van der Waals surface area contributed by atoms with Gasteiger partial charge in [0, 0.05) is 20.6 Å². The minimum absolute atomic E-state index is 0.0745. The molecule has 0 fully saturated rings. The Morgan fingerprint density at radius 1 is 1.40 bits per heavy atom. The second-order valence-electron chi connectivity index (χ2n) is 3.52. The number of hydrogen-bond donors (Lipinski definition) is 1. The van der Waals surface area contributed by atoms with E-state index in [1.165, 1.54) is 9.80 Å². The summed E-state index contributed by atoms with van der Waals surface area (Å²) in [5.74, 6) is -0.246. The van der Waals surface area contributed by atoms with Gasteiger partial charge in [0.15, 0.2) is 0 Å². The molecule has 0 aromatic rings. The van der Waals surface area contributed by atoms with Crippen molar-refractivity contribution in [1.29, 1.82) is 0 Å². The topological polar surface area (TPSA) is 43.8 Å². The van der Waals surface area contributed by atoms with Crippen molar-refractivity contribution in [3.63, 3.8) is 0 Å². The van der Waals surface area contributed by atoms with Crippen molar-refractivity contribution in [2.24, 2.45) is 0 Å². The highest BCUT2D eigenvalue weighted by Crippen LogP contribution is 2.05. The van der Waals surface area contributed by atoms with Crippen LogP contribution in [0.15, 0.2) is 0 Å². The third-order valence-corrected chi connectivity index (χ3v) is 2.11. The van der Waals surface area contributed by atoms with Crippen molar-refractivity contribution in [3.05, 3.63) is 0 Å². The lowest BCUT2D eigenvalue weighted by Crippen LogP contribution is -2.47. The number of carbonyl (C=O) groups is 1.